The molecule has 0 saturated heterocycles. The number of hydrogen-bond acceptors (Lipinski definition) is 3. The molecule has 0 fully saturated rings. The first kappa shape index (κ1) is 19.4. The van der Waals surface area contributed by atoms with Crippen molar-refractivity contribution in [2.45, 2.75) is 74.3 Å². The first-order valence-corrected chi connectivity index (χ1v) is 7.78. The van der Waals surface area contributed by atoms with E-state index in [-0.39, 0.29) is 16.8 Å². The predicted molar refractivity (Wildman–Crippen MR) is 85.4 cm³/mol. The lowest BCUT2D eigenvalue weighted by atomic mass is 9.65. The van der Waals surface area contributed by atoms with Crippen molar-refractivity contribution in [3.05, 3.63) is 0 Å². The van der Waals surface area contributed by atoms with Crippen molar-refractivity contribution in [2.24, 2.45) is 28.4 Å². The Morgan fingerprint density at radius 3 is 1.85 bits per heavy atom. The van der Waals surface area contributed by atoms with Gasteiger partial charge in [0.2, 0.25) is 0 Å². The van der Waals surface area contributed by atoms with E-state index in [1.54, 1.807) is 0 Å². The molecule has 0 aromatic heterocycles. The van der Waals surface area contributed by atoms with Gasteiger partial charge in [0.05, 0.1) is 6.61 Å². The van der Waals surface area contributed by atoms with Gasteiger partial charge in [-0.15, -0.1) is 0 Å². The Balaban J connectivity index is 4.36. The smallest absolute Gasteiger partial charge is 0.322 e. The summed E-state index contributed by atoms with van der Waals surface area (Å²) in [4.78, 5) is 11.8. The van der Waals surface area contributed by atoms with Gasteiger partial charge in [0, 0.05) is 0 Å². The molecule has 0 rings (SSSR count). The molecule has 0 bridgehead atoms. The van der Waals surface area contributed by atoms with Crippen LogP contribution in [-0.4, -0.2) is 18.6 Å². The molecule has 0 aromatic carbocycles. The maximum Gasteiger partial charge on any atom is 0.322 e. The molecule has 0 aromatic rings. The van der Waals surface area contributed by atoms with E-state index in [1.165, 1.54) is 0 Å². The van der Waals surface area contributed by atoms with Crippen LogP contribution in [0.1, 0.15) is 68.2 Å². The Bertz CT molecular complexity index is 283. The highest BCUT2D eigenvalue weighted by atomic mass is 16.5. The Morgan fingerprint density at radius 1 is 1.05 bits per heavy atom. The quantitative estimate of drug-likeness (QED) is 0.750. The van der Waals surface area contributed by atoms with E-state index < -0.39 is 6.04 Å². The standard InChI is InChI=1S/C17H35NO2/c1-12(2)11-13(18)15(19)20-10-9-14(16(3,4)5)17(6,7)8/h12-14H,9-11,18H2,1-8H3. The summed E-state index contributed by atoms with van der Waals surface area (Å²) in [5, 5.41) is 0. The van der Waals surface area contributed by atoms with E-state index in [9.17, 15) is 4.79 Å². The third-order valence-corrected chi connectivity index (χ3v) is 3.77. The van der Waals surface area contributed by atoms with Crippen LogP contribution in [0, 0.1) is 22.7 Å². The normalized spacial score (nSPS) is 14.8. The molecule has 3 nitrogen and oxygen atoms in total. The highest BCUT2D eigenvalue weighted by Gasteiger charge is 2.34. The average Bonchev–Trinajstić information content (AvgIpc) is 2.19. The molecular weight excluding hydrogens is 250 g/mol. The van der Waals surface area contributed by atoms with E-state index in [1.807, 2.05) is 0 Å². The largest absolute Gasteiger partial charge is 0.465 e. The molecule has 0 spiro atoms. The Kier molecular flexibility index (Phi) is 7.23. The molecular formula is C17H35NO2. The lowest BCUT2D eigenvalue weighted by Crippen LogP contribution is -2.36. The highest BCUT2D eigenvalue weighted by Crippen LogP contribution is 2.41. The number of carbonyl (C=O) groups is 1. The summed E-state index contributed by atoms with van der Waals surface area (Å²) in [6.07, 6.45) is 1.56. The number of ether oxygens (including phenoxy) is 1. The van der Waals surface area contributed by atoms with Crippen molar-refractivity contribution in [3.63, 3.8) is 0 Å². The molecule has 0 heterocycles. The third-order valence-electron chi connectivity index (χ3n) is 3.77. The average molecular weight is 285 g/mol. The molecule has 0 radical (unpaired) electrons. The number of carbonyl (C=O) groups excluding carboxylic acids is 1. The minimum Gasteiger partial charge on any atom is -0.465 e. The van der Waals surface area contributed by atoms with Crippen LogP contribution in [0.2, 0.25) is 0 Å². The van der Waals surface area contributed by atoms with Crippen LogP contribution in [0.5, 0.6) is 0 Å². The van der Waals surface area contributed by atoms with Gasteiger partial charge in [0.1, 0.15) is 6.04 Å². The number of hydrogen-bond donors (Lipinski definition) is 1. The summed E-state index contributed by atoms with van der Waals surface area (Å²) in [6.45, 7) is 18.0. The summed E-state index contributed by atoms with van der Waals surface area (Å²) in [5.41, 5.74) is 6.23. The van der Waals surface area contributed by atoms with E-state index in [4.69, 9.17) is 10.5 Å². The molecule has 20 heavy (non-hydrogen) atoms. The third kappa shape index (κ3) is 7.28. The topological polar surface area (TPSA) is 52.3 Å². The number of nitrogens with two attached hydrogens (primary N) is 1. The molecule has 0 aliphatic rings. The zero-order chi connectivity index (χ0) is 16.1. The molecule has 1 unspecified atom stereocenters. The highest BCUT2D eigenvalue weighted by molar-refractivity contribution is 5.75. The van der Waals surface area contributed by atoms with Crippen LogP contribution in [0.4, 0.5) is 0 Å². The van der Waals surface area contributed by atoms with E-state index >= 15 is 0 Å². The Labute approximate surface area is 125 Å². The maximum atomic E-state index is 11.8. The van der Waals surface area contributed by atoms with Crippen LogP contribution in [0.15, 0.2) is 0 Å². The zero-order valence-corrected chi connectivity index (χ0v) is 14.7. The van der Waals surface area contributed by atoms with Crippen molar-refractivity contribution in [2.75, 3.05) is 6.61 Å². The summed E-state index contributed by atoms with van der Waals surface area (Å²) in [5.74, 6) is 0.638. The van der Waals surface area contributed by atoms with Crippen LogP contribution < -0.4 is 5.73 Å². The summed E-state index contributed by atoms with van der Waals surface area (Å²) >= 11 is 0. The van der Waals surface area contributed by atoms with E-state index in [2.05, 4.69) is 55.4 Å². The number of esters is 1. The van der Waals surface area contributed by atoms with Gasteiger partial charge in [-0.25, -0.2) is 0 Å². The molecule has 0 aliphatic heterocycles. The van der Waals surface area contributed by atoms with Crippen LogP contribution >= 0.6 is 0 Å². The van der Waals surface area contributed by atoms with Crippen molar-refractivity contribution >= 4 is 5.97 Å². The molecule has 0 aliphatic carbocycles. The fourth-order valence-corrected chi connectivity index (χ4v) is 3.15. The van der Waals surface area contributed by atoms with Crippen LogP contribution in [0.3, 0.4) is 0 Å². The van der Waals surface area contributed by atoms with Gasteiger partial charge in [-0.2, -0.15) is 0 Å². The molecule has 1 atom stereocenters. The zero-order valence-electron chi connectivity index (χ0n) is 14.7. The molecule has 3 heteroatoms. The number of rotatable bonds is 6. The van der Waals surface area contributed by atoms with Crippen LogP contribution in [-0.2, 0) is 9.53 Å². The van der Waals surface area contributed by atoms with Gasteiger partial charge in [-0.05, 0) is 35.5 Å². The van der Waals surface area contributed by atoms with Gasteiger partial charge >= 0.3 is 5.97 Å². The fourth-order valence-electron chi connectivity index (χ4n) is 3.15. The minimum absolute atomic E-state index is 0.199. The lowest BCUT2D eigenvalue weighted by molar-refractivity contribution is -0.146. The molecule has 120 valence electrons. The molecule has 2 N–H and O–H groups in total. The maximum absolute atomic E-state index is 11.8. The monoisotopic (exact) mass is 285 g/mol. The van der Waals surface area contributed by atoms with E-state index in [0.29, 0.717) is 24.9 Å². The van der Waals surface area contributed by atoms with Crippen molar-refractivity contribution in [1.29, 1.82) is 0 Å². The van der Waals surface area contributed by atoms with Gasteiger partial charge in [-0.1, -0.05) is 55.4 Å². The Morgan fingerprint density at radius 2 is 1.50 bits per heavy atom. The first-order valence-electron chi connectivity index (χ1n) is 7.78. The minimum atomic E-state index is -0.488. The van der Waals surface area contributed by atoms with Gasteiger partial charge < -0.3 is 10.5 Å². The fraction of sp³-hybridized carbons (Fsp3) is 0.941. The van der Waals surface area contributed by atoms with Gasteiger partial charge in [0.25, 0.3) is 0 Å². The summed E-state index contributed by atoms with van der Waals surface area (Å²) in [6, 6.07) is -0.488. The van der Waals surface area contributed by atoms with Crippen molar-refractivity contribution in [1.82, 2.24) is 0 Å². The molecule has 0 saturated carbocycles. The van der Waals surface area contributed by atoms with E-state index in [0.717, 1.165) is 6.42 Å². The predicted octanol–water partition coefficient (Wildman–Crippen LogP) is 4.00. The van der Waals surface area contributed by atoms with Gasteiger partial charge in [0.15, 0.2) is 0 Å². The SMILES string of the molecule is CC(C)CC(N)C(=O)OCCC(C(C)(C)C)C(C)(C)C. The van der Waals surface area contributed by atoms with Crippen molar-refractivity contribution in [3.8, 4) is 0 Å². The Hall–Kier alpha value is -0.570. The summed E-state index contributed by atoms with van der Waals surface area (Å²) in [7, 11) is 0. The summed E-state index contributed by atoms with van der Waals surface area (Å²) < 4.78 is 5.36. The second-order valence-electron chi connectivity index (χ2n) is 8.48. The lowest BCUT2D eigenvalue weighted by Gasteiger charge is -2.40. The van der Waals surface area contributed by atoms with Crippen molar-refractivity contribution < 1.29 is 9.53 Å². The van der Waals surface area contributed by atoms with Crippen LogP contribution in [0.25, 0.3) is 0 Å². The second-order valence-corrected chi connectivity index (χ2v) is 8.48. The molecule has 0 amide bonds. The second kappa shape index (κ2) is 7.44. The first-order chi connectivity index (χ1) is 8.85. The van der Waals surface area contributed by atoms with Gasteiger partial charge in [-0.3, -0.25) is 4.79 Å².